The maximum atomic E-state index is 6.64. The van der Waals surface area contributed by atoms with Crippen LogP contribution in [0, 0.1) is 0 Å². The van der Waals surface area contributed by atoms with E-state index >= 15 is 0 Å². The summed E-state index contributed by atoms with van der Waals surface area (Å²) in [6.07, 6.45) is 35.8. The third-order valence-corrected chi connectivity index (χ3v) is 10.7. The third kappa shape index (κ3) is 21.3. The summed E-state index contributed by atoms with van der Waals surface area (Å²) >= 11 is 13.3. The van der Waals surface area contributed by atoms with Crippen molar-refractivity contribution in [2.24, 2.45) is 0 Å². The molecule has 0 saturated carbocycles. The van der Waals surface area contributed by atoms with E-state index in [1.807, 2.05) is 72.8 Å². The van der Waals surface area contributed by atoms with E-state index in [0.717, 1.165) is 48.7 Å². The molecule has 4 nitrogen and oxygen atoms in total. The van der Waals surface area contributed by atoms with Crippen LogP contribution in [0.5, 0.6) is 11.5 Å². The Labute approximate surface area is 339 Å². The van der Waals surface area contributed by atoms with Gasteiger partial charge in [0.2, 0.25) is 0 Å². The van der Waals surface area contributed by atoms with Crippen LogP contribution in [0.15, 0.2) is 60.7 Å². The van der Waals surface area contributed by atoms with Crippen molar-refractivity contribution in [3.05, 3.63) is 83.2 Å². The number of unbranched alkanes of at least 4 members (excludes halogenated alkanes) is 22. The number of nitrogens with zero attached hydrogens (tertiary/aromatic N) is 2. The predicted molar refractivity (Wildman–Crippen MR) is 236 cm³/mol. The van der Waals surface area contributed by atoms with Gasteiger partial charge in [-0.2, -0.15) is 10.2 Å². The van der Waals surface area contributed by atoms with Gasteiger partial charge < -0.3 is 9.47 Å². The second-order valence-corrected chi connectivity index (χ2v) is 15.7. The predicted octanol–water partition coefficient (Wildman–Crippen LogP) is 16.1. The van der Waals surface area contributed by atoms with Crippen LogP contribution in [0.4, 0.5) is 0 Å². The van der Waals surface area contributed by atoms with Gasteiger partial charge >= 0.3 is 0 Å². The number of hydrogen-bond acceptors (Lipinski definition) is 4. The smallest absolute Gasteiger partial charge is 0.119 e. The van der Waals surface area contributed by atoms with Crippen LogP contribution >= 0.6 is 23.2 Å². The van der Waals surface area contributed by atoms with E-state index in [1.54, 1.807) is 0 Å². The van der Waals surface area contributed by atoms with E-state index in [0.29, 0.717) is 21.5 Å². The van der Waals surface area contributed by atoms with Crippen molar-refractivity contribution < 1.29 is 9.47 Å². The molecule has 54 heavy (non-hydrogen) atoms. The summed E-state index contributed by atoms with van der Waals surface area (Å²) in [5.41, 5.74) is 3.17. The molecule has 0 spiro atoms. The number of hydrogen-bond donors (Lipinski definition) is 0. The highest BCUT2D eigenvalue weighted by atomic mass is 35.5. The topological polar surface area (TPSA) is 44.2 Å². The first-order valence-electron chi connectivity index (χ1n) is 21.6. The number of rotatable bonds is 32. The van der Waals surface area contributed by atoms with Crippen molar-refractivity contribution in [3.63, 3.8) is 0 Å². The molecule has 0 aliphatic heterocycles. The first-order chi connectivity index (χ1) is 26.6. The van der Waals surface area contributed by atoms with Crippen molar-refractivity contribution in [2.45, 2.75) is 168 Å². The molecule has 6 heteroatoms. The van der Waals surface area contributed by atoms with Crippen LogP contribution in [0.3, 0.4) is 0 Å². The molecule has 0 radical (unpaired) electrons. The summed E-state index contributed by atoms with van der Waals surface area (Å²) in [7, 11) is 0. The monoisotopic (exact) mass is 776 g/mol. The Morgan fingerprint density at radius 2 is 0.685 bits per heavy atom. The lowest BCUT2D eigenvalue weighted by atomic mass is 10.1. The van der Waals surface area contributed by atoms with Crippen molar-refractivity contribution >= 4 is 45.4 Å². The molecule has 0 unspecified atom stereocenters. The van der Waals surface area contributed by atoms with Crippen LogP contribution in [-0.4, -0.2) is 23.4 Å². The summed E-state index contributed by atoms with van der Waals surface area (Å²) in [4.78, 5) is 0. The van der Waals surface area contributed by atoms with Gasteiger partial charge in [-0.3, -0.25) is 0 Å². The van der Waals surface area contributed by atoms with Crippen LogP contribution in [0.2, 0.25) is 0 Å². The van der Waals surface area contributed by atoms with Gasteiger partial charge in [0, 0.05) is 0 Å². The Hall–Kier alpha value is -2.82. The van der Waals surface area contributed by atoms with Gasteiger partial charge in [-0.25, -0.2) is 0 Å². The van der Waals surface area contributed by atoms with Crippen LogP contribution < -0.4 is 9.47 Å². The summed E-state index contributed by atoms with van der Waals surface area (Å²) in [5.74, 6) is 1.74. The van der Waals surface area contributed by atoms with E-state index in [-0.39, 0.29) is 0 Å². The van der Waals surface area contributed by atoms with E-state index in [2.05, 4.69) is 24.0 Å². The molecule has 0 saturated heterocycles. The third-order valence-electron chi connectivity index (χ3n) is 10.0. The van der Waals surface area contributed by atoms with Crippen molar-refractivity contribution in [2.75, 3.05) is 13.2 Å². The van der Waals surface area contributed by atoms with Crippen molar-refractivity contribution in [1.29, 1.82) is 0 Å². The molecular weight excluding hydrogens is 707 g/mol. The summed E-state index contributed by atoms with van der Waals surface area (Å²) in [5, 5.41) is 9.89. The Balaban J connectivity index is 1.28. The first kappa shape index (κ1) is 45.6. The standard InChI is InChI=1S/C48H70Cl2N2O2/c1-3-5-7-9-11-13-15-17-19-21-23-25-37-53-45-33-27-41(28-34-45)47(49)39-43-31-32-44(52-51-43)40-48(50)42-29-35-46(36-30-42)54-38-26-24-22-20-18-16-14-12-10-8-6-4-2/h27-36,39-40H,3-26,37-38H2,1-2H3/b47-39-,48-40-. The molecule has 0 bridgehead atoms. The summed E-state index contributed by atoms with van der Waals surface area (Å²) < 4.78 is 11.9. The average Bonchev–Trinajstić information content (AvgIpc) is 3.19. The van der Waals surface area contributed by atoms with E-state index < -0.39 is 0 Å². The molecule has 1 heterocycles. The lowest BCUT2D eigenvalue weighted by Crippen LogP contribution is -1.97. The molecule has 0 amide bonds. The SMILES string of the molecule is CCCCCCCCCCCCCCOc1ccc(/C(Cl)=C/c2ccc(/C=C(\Cl)c3ccc(OCCCCCCCCCCCCCC)cc3)nn2)cc1. The maximum absolute atomic E-state index is 6.64. The lowest BCUT2D eigenvalue weighted by Gasteiger charge is -2.08. The molecule has 3 rings (SSSR count). The van der Waals surface area contributed by atoms with E-state index in [1.165, 1.54) is 141 Å². The lowest BCUT2D eigenvalue weighted by molar-refractivity contribution is 0.304. The van der Waals surface area contributed by atoms with Gasteiger partial charge in [-0.1, -0.05) is 178 Å². The highest BCUT2D eigenvalue weighted by molar-refractivity contribution is 6.51. The van der Waals surface area contributed by atoms with Crippen LogP contribution in [-0.2, 0) is 0 Å². The molecule has 0 aliphatic rings. The molecule has 0 aliphatic carbocycles. The Morgan fingerprint density at radius 1 is 0.407 bits per heavy atom. The highest BCUT2D eigenvalue weighted by Crippen LogP contribution is 2.26. The van der Waals surface area contributed by atoms with Gasteiger partial charge in [0.15, 0.2) is 0 Å². The molecule has 0 atom stereocenters. The molecule has 3 aromatic rings. The van der Waals surface area contributed by atoms with Crippen molar-refractivity contribution in [3.8, 4) is 11.5 Å². The molecule has 2 aromatic carbocycles. The fourth-order valence-corrected chi connectivity index (χ4v) is 7.10. The zero-order valence-electron chi connectivity index (χ0n) is 33.8. The van der Waals surface area contributed by atoms with Crippen LogP contribution in [0.1, 0.15) is 190 Å². The minimum absolute atomic E-state index is 0.597. The number of halogens is 2. The molecule has 0 fully saturated rings. The second-order valence-electron chi connectivity index (χ2n) is 14.9. The van der Waals surface area contributed by atoms with Crippen LogP contribution in [0.25, 0.3) is 22.2 Å². The quantitative estimate of drug-likeness (QED) is 0.0592. The van der Waals surface area contributed by atoms with E-state index in [9.17, 15) is 0 Å². The van der Waals surface area contributed by atoms with Crippen molar-refractivity contribution in [1.82, 2.24) is 10.2 Å². The fraction of sp³-hybridized carbons (Fsp3) is 0.583. The number of ether oxygens (including phenoxy) is 2. The Morgan fingerprint density at radius 3 is 0.963 bits per heavy atom. The molecule has 298 valence electrons. The Bertz CT molecular complexity index is 1300. The molecule has 1 aromatic heterocycles. The minimum atomic E-state index is 0.597. The Kier molecular flexibility index (Phi) is 25.7. The average molecular weight is 778 g/mol. The largest absolute Gasteiger partial charge is 0.494 e. The van der Waals surface area contributed by atoms with Gasteiger partial charge in [0.1, 0.15) is 11.5 Å². The zero-order chi connectivity index (χ0) is 38.3. The molecular formula is C48H70Cl2N2O2. The maximum Gasteiger partial charge on any atom is 0.119 e. The fourth-order valence-electron chi connectivity index (χ4n) is 6.62. The van der Waals surface area contributed by atoms with Gasteiger partial charge in [0.05, 0.1) is 34.7 Å². The zero-order valence-corrected chi connectivity index (χ0v) is 35.3. The van der Waals surface area contributed by atoms with Gasteiger partial charge in [-0.15, -0.1) is 0 Å². The number of aromatic nitrogens is 2. The summed E-state index contributed by atoms with van der Waals surface area (Å²) in [6.45, 7) is 6.06. The second kappa shape index (κ2) is 30.4. The first-order valence-corrected chi connectivity index (χ1v) is 22.4. The normalized spacial score (nSPS) is 12.0. The minimum Gasteiger partial charge on any atom is -0.494 e. The summed E-state index contributed by atoms with van der Waals surface area (Å²) in [6, 6.07) is 19.6. The number of benzene rings is 2. The van der Waals surface area contributed by atoms with Gasteiger partial charge in [-0.05, 0) is 96.8 Å². The highest BCUT2D eigenvalue weighted by Gasteiger charge is 2.05. The van der Waals surface area contributed by atoms with E-state index in [4.69, 9.17) is 32.7 Å². The molecule has 0 N–H and O–H groups in total. The van der Waals surface area contributed by atoms with Gasteiger partial charge in [0.25, 0.3) is 0 Å².